The van der Waals surface area contributed by atoms with Crippen LogP contribution >= 0.6 is 11.8 Å². The number of rotatable bonds is 6. The molecule has 3 N–H and O–H groups in total. The molecule has 1 rings (SSSR count). The second-order valence-corrected chi connectivity index (χ2v) is 5.39. The van der Waals surface area contributed by atoms with Gasteiger partial charge >= 0.3 is 5.51 Å². The van der Waals surface area contributed by atoms with Crippen molar-refractivity contribution in [3.63, 3.8) is 0 Å². The summed E-state index contributed by atoms with van der Waals surface area (Å²) in [6, 6.07) is 5.08. The van der Waals surface area contributed by atoms with Crippen molar-refractivity contribution in [2.45, 2.75) is 42.6 Å². The number of amides is 1. The van der Waals surface area contributed by atoms with Gasteiger partial charge in [-0.1, -0.05) is 31.9 Å². The van der Waals surface area contributed by atoms with Gasteiger partial charge in [0, 0.05) is 4.90 Å². The van der Waals surface area contributed by atoms with Crippen molar-refractivity contribution >= 4 is 23.4 Å². The summed E-state index contributed by atoms with van der Waals surface area (Å²) < 4.78 is 37.2. The molecular weight excluding hydrogens is 289 g/mol. The monoisotopic (exact) mass is 306 g/mol. The number of thioether (sulfide) groups is 1. The molecule has 20 heavy (non-hydrogen) atoms. The molecule has 1 atom stereocenters. The zero-order valence-corrected chi connectivity index (χ0v) is 11.9. The second-order valence-electron chi connectivity index (χ2n) is 4.28. The van der Waals surface area contributed by atoms with E-state index in [2.05, 4.69) is 5.32 Å². The lowest BCUT2D eigenvalue weighted by molar-refractivity contribution is -0.117. The number of unbranched alkanes of at least 4 members (excludes halogenated alkanes) is 1. The largest absolute Gasteiger partial charge is 0.446 e. The van der Waals surface area contributed by atoms with Crippen molar-refractivity contribution in [3.05, 3.63) is 24.3 Å². The van der Waals surface area contributed by atoms with Gasteiger partial charge < -0.3 is 11.1 Å². The molecule has 0 spiro atoms. The molecule has 0 heterocycles. The average Bonchev–Trinajstić information content (AvgIpc) is 2.36. The zero-order chi connectivity index (χ0) is 15.2. The van der Waals surface area contributed by atoms with Gasteiger partial charge in [0.1, 0.15) is 0 Å². The van der Waals surface area contributed by atoms with Crippen LogP contribution in [0.15, 0.2) is 29.2 Å². The highest BCUT2D eigenvalue weighted by Crippen LogP contribution is 2.40. The van der Waals surface area contributed by atoms with Crippen molar-refractivity contribution in [2.75, 3.05) is 5.32 Å². The highest BCUT2D eigenvalue weighted by atomic mass is 32.2. The maximum atomic E-state index is 12.4. The summed E-state index contributed by atoms with van der Waals surface area (Å²) in [5, 5.41) is 2.46. The van der Waals surface area contributed by atoms with Crippen molar-refractivity contribution in [2.24, 2.45) is 5.73 Å². The van der Waals surface area contributed by atoms with Crippen LogP contribution in [0.4, 0.5) is 18.9 Å². The fourth-order valence-corrected chi connectivity index (χ4v) is 2.19. The molecule has 1 aromatic carbocycles. The predicted octanol–water partition coefficient (Wildman–Crippen LogP) is 3.75. The molecule has 0 aliphatic rings. The van der Waals surface area contributed by atoms with E-state index in [1.807, 2.05) is 6.92 Å². The lowest BCUT2D eigenvalue weighted by Crippen LogP contribution is -2.35. The summed E-state index contributed by atoms with van der Waals surface area (Å²) in [5.74, 6) is -0.464. The molecular formula is C13H17F3N2OS. The van der Waals surface area contributed by atoms with Crippen molar-refractivity contribution in [1.82, 2.24) is 0 Å². The topological polar surface area (TPSA) is 55.1 Å². The SMILES string of the molecule is CCCCC(N)C(=O)Nc1ccccc1SC(F)(F)F. The predicted molar refractivity (Wildman–Crippen MR) is 74.5 cm³/mol. The van der Waals surface area contributed by atoms with E-state index in [1.54, 1.807) is 6.07 Å². The molecule has 1 amide bonds. The van der Waals surface area contributed by atoms with Crippen molar-refractivity contribution in [3.8, 4) is 0 Å². The van der Waals surface area contributed by atoms with E-state index in [0.717, 1.165) is 12.8 Å². The van der Waals surface area contributed by atoms with Gasteiger partial charge in [-0.15, -0.1) is 0 Å². The third-order valence-corrected chi connectivity index (χ3v) is 3.38. The molecule has 0 aliphatic carbocycles. The summed E-state index contributed by atoms with van der Waals surface area (Å²) in [7, 11) is 0. The molecule has 0 bridgehead atoms. The number of para-hydroxylation sites is 1. The van der Waals surface area contributed by atoms with E-state index in [4.69, 9.17) is 5.73 Å². The summed E-state index contributed by atoms with van der Waals surface area (Å²) >= 11 is -0.257. The lowest BCUT2D eigenvalue weighted by atomic mass is 10.1. The Morgan fingerprint density at radius 2 is 2.05 bits per heavy atom. The van der Waals surface area contributed by atoms with Crippen LogP contribution in [0.25, 0.3) is 0 Å². The van der Waals surface area contributed by atoms with Gasteiger partial charge in [-0.25, -0.2) is 0 Å². The molecule has 1 unspecified atom stereocenters. The van der Waals surface area contributed by atoms with E-state index in [0.29, 0.717) is 6.42 Å². The number of nitrogens with two attached hydrogens (primary N) is 1. The first-order chi connectivity index (χ1) is 9.33. The Kier molecular flexibility index (Phi) is 6.35. The molecule has 1 aromatic rings. The number of carbonyl (C=O) groups excluding carboxylic acids is 1. The van der Waals surface area contributed by atoms with E-state index in [9.17, 15) is 18.0 Å². The molecule has 0 aliphatic heterocycles. The highest BCUT2D eigenvalue weighted by molar-refractivity contribution is 8.00. The molecule has 0 saturated heterocycles. The quantitative estimate of drug-likeness (QED) is 0.787. The number of hydrogen-bond acceptors (Lipinski definition) is 3. The normalized spacial score (nSPS) is 13.1. The van der Waals surface area contributed by atoms with Crippen molar-refractivity contribution in [1.29, 1.82) is 0 Å². The van der Waals surface area contributed by atoms with Gasteiger partial charge in [-0.2, -0.15) is 13.2 Å². The number of hydrogen-bond donors (Lipinski definition) is 2. The number of carbonyl (C=O) groups is 1. The number of benzene rings is 1. The minimum atomic E-state index is -4.40. The van der Waals surface area contributed by atoms with Crippen LogP contribution in [0.3, 0.4) is 0 Å². The summed E-state index contributed by atoms with van der Waals surface area (Å²) in [4.78, 5) is 11.8. The molecule has 112 valence electrons. The van der Waals surface area contributed by atoms with Crippen LogP contribution in [0.5, 0.6) is 0 Å². The first kappa shape index (κ1) is 16.8. The van der Waals surface area contributed by atoms with E-state index in [1.165, 1.54) is 18.2 Å². The van der Waals surface area contributed by atoms with Gasteiger partial charge in [0.15, 0.2) is 0 Å². The Labute approximate surface area is 120 Å². The maximum Gasteiger partial charge on any atom is 0.446 e. The summed E-state index contributed by atoms with van der Waals surface area (Å²) in [6.45, 7) is 1.97. The number of nitrogens with one attached hydrogen (secondary N) is 1. The minimum absolute atomic E-state index is 0.0453. The number of anilines is 1. The third-order valence-electron chi connectivity index (χ3n) is 2.58. The molecule has 0 radical (unpaired) electrons. The van der Waals surface area contributed by atoms with Crippen LogP contribution < -0.4 is 11.1 Å². The highest BCUT2D eigenvalue weighted by Gasteiger charge is 2.30. The van der Waals surface area contributed by atoms with Crippen LogP contribution in [0, 0.1) is 0 Å². The first-order valence-corrected chi connectivity index (χ1v) is 7.06. The first-order valence-electron chi connectivity index (χ1n) is 6.24. The van der Waals surface area contributed by atoms with Gasteiger partial charge in [0.25, 0.3) is 0 Å². The fraction of sp³-hybridized carbons (Fsp3) is 0.462. The van der Waals surface area contributed by atoms with Gasteiger partial charge in [0.05, 0.1) is 11.7 Å². The van der Waals surface area contributed by atoms with Crippen LogP contribution in [-0.4, -0.2) is 17.5 Å². The Morgan fingerprint density at radius 1 is 1.40 bits per heavy atom. The molecule has 0 saturated carbocycles. The van der Waals surface area contributed by atoms with Crippen LogP contribution in [0.2, 0.25) is 0 Å². The maximum absolute atomic E-state index is 12.4. The fourth-order valence-electron chi connectivity index (χ4n) is 1.56. The molecule has 0 aromatic heterocycles. The Bertz CT molecular complexity index is 451. The van der Waals surface area contributed by atoms with Gasteiger partial charge in [-0.3, -0.25) is 4.79 Å². The molecule has 0 fully saturated rings. The molecule has 3 nitrogen and oxygen atoms in total. The van der Waals surface area contributed by atoms with Crippen molar-refractivity contribution < 1.29 is 18.0 Å². The van der Waals surface area contributed by atoms with E-state index >= 15 is 0 Å². The number of halogens is 3. The molecule has 7 heteroatoms. The third kappa shape index (κ3) is 5.83. The summed E-state index contributed by atoms with van der Waals surface area (Å²) in [6.07, 6.45) is 2.21. The smallest absolute Gasteiger partial charge is 0.324 e. The Morgan fingerprint density at radius 3 is 2.65 bits per heavy atom. The summed E-state index contributed by atoms with van der Waals surface area (Å²) in [5.41, 5.74) is 1.42. The van der Waals surface area contributed by atoms with E-state index in [-0.39, 0.29) is 22.3 Å². The standard InChI is InChI=1S/C13H17F3N2OS/c1-2-3-6-9(17)12(19)18-10-7-4-5-8-11(10)20-13(14,15)16/h4-5,7-9H,2-3,6,17H2,1H3,(H,18,19). The average molecular weight is 306 g/mol. The van der Waals surface area contributed by atoms with Gasteiger partial charge in [-0.05, 0) is 30.3 Å². The number of alkyl halides is 3. The zero-order valence-electron chi connectivity index (χ0n) is 11.0. The van der Waals surface area contributed by atoms with Crippen LogP contribution in [0.1, 0.15) is 26.2 Å². The van der Waals surface area contributed by atoms with Crippen LogP contribution in [-0.2, 0) is 4.79 Å². The lowest BCUT2D eigenvalue weighted by Gasteiger charge is -2.15. The van der Waals surface area contributed by atoms with E-state index < -0.39 is 17.5 Å². The second kappa shape index (κ2) is 7.54. The van der Waals surface area contributed by atoms with Gasteiger partial charge in [0.2, 0.25) is 5.91 Å². The Hall–Kier alpha value is -1.21. The Balaban J connectivity index is 2.74. The minimum Gasteiger partial charge on any atom is -0.324 e.